The molecule has 0 amide bonds. The van der Waals surface area contributed by atoms with Crippen LogP contribution in [0, 0.1) is 3.57 Å². The largest absolute Gasteiger partial charge is 0.415 e. The molecule has 2 aromatic heterocycles. The van der Waals surface area contributed by atoms with Crippen LogP contribution >= 0.6 is 22.6 Å². The van der Waals surface area contributed by atoms with Crippen LogP contribution in [-0.4, -0.2) is 29.5 Å². The Bertz CT molecular complexity index is 633. The maximum atomic E-state index is 6.34. The van der Waals surface area contributed by atoms with Crippen LogP contribution in [0.15, 0.2) is 18.7 Å². The Morgan fingerprint density at radius 1 is 1.38 bits per heavy atom. The van der Waals surface area contributed by atoms with Gasteiger partial charge in [0.1, 0.15) is 12.0 Å². The average Bonchev–Trinajstić information content (AvgIpc) is 2.73. The van der Waals surface area contributed by atoms with Gasteiger partial charge in [-0.1, -0.05) is 20.8 Å². The smallest absolute Gasteiger partial charge is 0.192 e. The molecule has 0 bridgehead atoms. The van der Waals surface area contributed by atoms with E-state index in [1.54, 1.807) is 6.33 Å². The highest BCUT2D eigenvalue weighted by Crippen LogP contribution is 2.37. The third-order valence-electron chi connectivity index (χ3n) is 4.41. The monoisotopic (exact) mass is 417 g/mol. The van der Waals surface area contributed by atoms with Crippen LogP contribution in [0.25, 0.3) is 11.0 Å². The van der Waals surface area contributed by atoms with Gasteiger partial charge in [-0.05, 0) is 47.6 Å². The van der Waals surface area contributed by atoms with E-state index in [4.69, 9.17) is 4.43 Å². The first-order valence-corrected chi connectivity index (χ1v) is 11.2. The fourth-order valence-electron chi connectivity index (χ4n) is 1.91. The summed E-state index contributed by atoms with van der Waals surface area (Å²) in [6.07, 6.45) is 5.62. The Labute approximate surface area is 141 Å². The summed E-state index contributed by atoms with van der Waals surface area (Å²) in [5.74, 6) is 0. The van der Waals surface area contributed by atoms with E-state index >= 15 is 0 Å². The molecule has 116 valence electrons. The Morgan fingerprint density at radius 2 is 2.05 bits per heavy atom. The zero-order chi connectivity index (χ0) is 15.8. The number of halogens is 1. The predicted octanol–water partition coefficient (Wildman–Crippen LogP) is 4.62. The van der Waals surface area contributed by atoms with E-state index in [0.717, 1.165) is 17.6 Å². The van der Waals surface area contributed by atoms with Gasteiger partial charge >= 0.3 is 0 Å². The van der Waals surface area contributed by atoms with Gasteiger partial charge in [0.15, 0.2) is 8.32 Å². The second kappa shape index (κ2) is 5.96. The molecule has 0 aromatic carbocycles. The van der Waals surface area contributed by atoms with Crippen molar-refractivity contribution in [2.75, 3.05) is 6.61 Å². The van der Waals surface area contributed by atoms with Crippen molar-refractivity contribution in [3.05, 3.63) is 22.3 Å². The molecule has 0 aliphatic carbocycles. The van der Waals surface area contributed by atoms with E-state index in [1.807, 2.05) is 6.20 Å². The van der Waals surface area contributed by atoms with Crippen molar-refractivity contribution in [2.24, 2.45) is 0 Å². The molecule has 2 aromatic rings. The summed E-state index contributed by atoms with van der Waals surface area (Å²) >= 11 is 2.34. The third-order valence-corrected chi connectivity index (χ3v) is 9.77. The minimum atomic E-state index is -1.71. The number of hydrogen-bond acceptors (Lipinski definition) is 3. The lowest BCUT2D eigenvalue weighted by Crippen LogP contribution is -2.41. The van der Waals surface area contributed by atoms with Gasteiger partial charge in [0, 0.05) is 16.0 Å². The average molecular weight is 417 g/mol. The van der Waals surface area contributed by atoms with Gasteiger partial charge in [-0.15, -0.1) is 0 Å². The zero-order valence-electron chi connectivity index (χ0n) is 13.6. The molecule has 0 aliphatic rings. The molecule has 0 radical (unpaired) electrons. The third kappa shape index (κ3) is 3.48. The van der Waals surface area contributed by atoms with Crippen LogP contribution in [0.4, 0.5) is 0 Å². The van der Waals surface area contributed by atoms with Crippen molar-refractivity contribution in [3.8, 4) is 0 Å². The van der Waals surface area contributed by atoms with E-state index in [9.17, 15) is 0 Å². The zero-order valence-corrected chi connectivity index (χ0v) is 16.8. The summed E-state index contributed by atoms with van der Waals surface area (Å²) in [4.78, 5) is 8.53. The maximum Gasteiger partial charge on any atom is 0.192 e. The Hall–Kier alpha value is -0.473. The summed E-state index contributed by atoms with van der Waals surface area (Å²) in [5.41, 5.74) is 0.987. The molecule has 2 heterocycles. The number of rotatable bonds is 4. The van der Waals surface area contributed by atoms with Crippen molar-refractivity contribution in [1.29, 1.82) is 0 Å². The van der Waals surface area contributed by atoms with Gasteiger partial charge in [0.05, 0.1) is 18.0 Å². The Kier molecular flexibility index (Phi) is 4.80. The standard InChI is InChI=1S/C15H24IN3OSi/c1-11(9-20-21(5,6)15(2,3)4)19-8-13(16)12-7-17-10-18-14(12)19/h7-8,10-11H,9H2,1-6H3/t11-/m1/s1. The van der Waals surface area contributed by atoms with Crippen LogP contribution in [0.3, 0.4) is 0 Å². The second-order valence-corrected chi connectivity index (χ2v) is 13.0. The molecule has 0 fully saturated rings. The van der Waals surface area contributed by atoms with Gasteiger partial charge in [0.25, 0.3) is 0 Å². The van der Waals surface area contributed by atoms with Crippen molar-refractivity contribution < 1.29 is 4.43 Å². The maximum absolute atomic E-state index is 6.34. The van der Waals surface area contributed by atoms with Crippen LogP contribution in [0.1, 0.15) is 33.7 Å². The first kappa shape index (κ1) is 16.9. The highest BCUT2D eigenvalue weighted by molar-refractivity contribution is 14.1. The van der Waals surface area contributed by atoms with Crippen LogP contribution in [-0.2, 0) is 4.43 Å². The van der Waals surface area contributed by atoms with Crippen molar-refractivity contribution in [2.45, 2.75) is 51.9 Å². The van der Waals surface area contributed by atoms with E-state index in [0.29, 0.717) is 0 Å². The molecule has 0 saturated carbocycles. The van der Waals surface area contributed by atoms with E-state index < -0.39 is 8.32 Å². The molecule has 0 unspecified atom stereocenters. The SMILES string of the molecule is C[C@H](CO[Si](C)(C)C(C)(C)C)n1cc(I)c2cncnc21. The molecule has 2 rings (SSSR count). The van der Waals surface area contributed by atoms with Gasteiger partial charge < -0.3 is 8.99 Å². The molecule has 1 atom stereocenters. The van der Waals surface area contributed by atoms with Crippen molar-refractivity contribution >= 4 is 41.9 Å². The molecule has 6 heteroatoms. The van der Waals surface area contributed by atoms with E-state index in [1.165, 1.54) is 3.57 Å². The van der Waals surface area contributed by atoms with E-state index in [-0.39, 0.29) is 11.1 Å². The molecule has 21 heavy (non-hydrogen) atoms. The quantitative estimate of drug-likeness (QED) is 0.539. The van der Waals surface area contributed by atoms with Crippen LogP contribution in [0.2, 0.25) is 18.1 Å². The number of nitrogens with zero attached hydrogens (tertiary/aromatic N) is 3. The lowest BCUT2D eigenvalue weighted by atomic mass is 10.2. The van der Waals surface area contributed by atoms with Crippen LogP contribution in [0.5, 0.6) is 0 Å². The van der Waals surface area contributed by atoms with Crippen molar-refractivity contribution in [3.63, 3.8) is 0 Å². The summed E-state index contributed by atoms with van der Waals surface area (Å²) in [6, 6.07) is 0.264. The fraction of sp³-hybridized carbons (Fsp3) is 0.600. The molecule has 0 aliphatic heterocycles. The molecule has 0 spiro atoms. The highest BCUT2D eigenvalue weighted by Gasteiger charge is 2.37. The van der Waals surface area contributed by atoms with Gasteiger partial charge in [-0.25, -0.2) is 9.97 Å². The van der Waals surface area contributed by atoms with Gasteiger partial charge in [-0.2, -0.15) is 0 Å². The summed E-state index contributed by atoms with van der Waals surface area (Å²) in [7, 11) is -1.71. The topological polar surface area (TPSA) is 39.9 Å². The molecule has 4 nitrogen and oxygen atoms in total. The molecule has 0 saturated heterocycles. The van der Waals surface area contributed by atoms with Crippen molar-refractivity contribution in [1.82, 2.24) is 14.5 Å². The fourth-order valence-corrected chi connectivity index (χ4v) is 3.68. The van der Waals surface area contributed by atoms with Gasteiger partial charge in [-0.3, -0.25) is 0 Å². The second-order valence-electron chi connectivity index (χ2n) is 7.06. The number of aromatic nitrogens is 3. The van der Waals surface area contributed by atoms with Crippen LogP contribution < -0.4 is 0 Å². The summed E-state index contributed by atoms with van der Waals surface area (Å²) in [5, 5.41) is 1.35. The lowest BCUT2D eigenvalue weighted by molar-refractivity contribution is 0.241. The predicted molar refractivity (Wildman–Crippen MR) is 98.1 cm³/mol. The molecular formula is C15H24IN3OSi. The summed E-state index contributed by atoms with van der Waals surface area (Å²) in [6.45, 7) is 14.3. The minimum absolute atomic E-state index is 0.238. The molecule has 0 N–H and O–H groups in total. The first-order chi connectivity index (χ1) is 9.63. The Morgan fingerprint density at radius 3 is 2.67 bits per heavy atom. The number of fused-ring (bicyclic) bond motifs is 1. The lowest BCUT2D eigenvalue weighted by Gasteiger charge is -2.37. The Balaban J connectivity index is 2.19. The first-order valence-electron chi connectivity index (χ1n) is 7.23. The molecular weight excluding hydrogens is 393 g/mol. The highest BCUT2D eigenvalue weighted by atomic mass is 127. The minimum Gasteiger partial charge on any atom is -0.415 e. The normalized spacial score (nSPS) is 14.6. The van der Waals surface area contributed by atoms with E-state index in [2.05, 4.69) is 84.1 Å². The number of hydrogen-bond donors (Lipinski definition) is 0. The van der Waals surface area contributed by atoms with Gasteiger partial charge in [0.2, 0.25) is 0 Å². The summed E-state index contributed by atoms with van der Waals surface area (Å²) < 4.78 is 9.72.